The van der Waals surface area contributed by atoms with E-state index in [2.05, 4.69) is 25.2 Å². The van der Waals surface area contributed by atoms with Gasteiger partial charge in [0.25, 0.3) is 0 Å². The lowest BCUT2D eigenvalue weighted by atomic mass is 10.1. The highest BCUT2D eigenvalue weighted by Gasteiger charge is 2.45. The zero-order valence-electron chi connectivity index (χ0n) is 15.4. The highest BCUT2D eigenvalue weighted by molar-refractivity contribution is 7.10. The quantitative estimate of drug-likeness (QED) is 0.695. The fraction of sp³-hybridized carbons (Fsp3) is 0.476. The van der Waals surface area contributed by atoms with Gasteiger partial charge in [-0.2, -0.15) is 0 Å². The SMILES string of the molecule is CCC(C)COc1ccc(C(CO)NC(=O)C2CC2c2cccs2)cc1. The van der Waals surface area contributed by atoms with Crippen LogP contribution in [0.25, 0.3) is 0 Å². The molecule has 0 radical (unpaired) electrons. The molecule has 0 aliphatic heterocycles. The molecule has 26 heavy (non-hydrogen) atoms. The van der Waals surface area contributed by atoms with Gasteiger partial charge in [0.15, 0.2) is 0 Å². The predicted octanol–water partition coefficient (Wildman–Crippen LogP) is 4.13. The van der Waals surface area contributed by atoms with Crippen LogP contribution >= 0.6 is 11.3 Å². The third-order valence-electron chi connectivity index (χ3n) is 5.05. The Morgan fingerprint density at radius 1 is 1.35 bits per heavy atom. The Hall–Kier alpha value is -1.85. The Morgan fingerprint density at radius 2 is 2.12 bits per heavy atom. The molecule has 1 aromatic carbocycles. The molecule has 2 N–H and O–H groups in total. The second kappa shape index (κ2) is 8.69. The number of nitrogens with one attached hydrogen (secondary N) is 1. The second-order valence-corrected chi connectivity index (χ2v) is 8.08. The minimum Gasteiger partial charge on any atom is -0.493 e. The molecule has 1 amide bonds. The first-order valence-corrected chi connectivity index (χ1v) is 10.2. The molecule has 140 valence electrons. The molecule has 0 bridgehead atoms. The Balaban J connectivity index is 1.54. The van der Waals surface area contributed by atoms with E-state index in [9.17, 15) is 9.90 Å². The number of carbonyl (C=O) groups is 1. The van der Waals surface area contributed by atoms with Crippen LogP contribution in [0.1, 0.15) is 49.1 Å². The first-order valence-electron chi connectivity index (χ1n) is 9.29. The van der Waals surface area contributed by atoms with Gasteiger partial charge in [0.05, 0.1) is 19.3 Å². The summed E-state index contributed by atoms with van der Waals surface area (Å²) < 4.78 is 5.76. The van der Waals surface area contributed by atoms with E-state index in [4.69, 9.17) is 4.74 Å². The molecular weight excluding hydrogens is 346 g/mol. The van der Waals surface area contributed by atoms with Crippen LogP contribution in [0, 0.1) is 11.8 Å². The number of aliphatic hydroxyl groups is 1. The van der Waals surface area contributed by atoms with Crippen molar-refractivity contribution in [1.82, 2.24) is 5.32 Å². The molecule has 1 saturated carbocycles. The Kier molecular flexibility index (Phi) is 6.33. The van der Waals surface area contributed by atoms with E-state index < -0.39 is 0 Å². The van der Waals surface area contributed by atoms with Crippen LogP contribution in [0.2, 0.25) is 0 Å². The first-order chi connectivity index (χ1) is 12.6. The van der Waals surface area contributed by atoms with Crippen molar-refractivity contribution in [3.8, 4) is 5.75 Å². The molecule has 1 aromatic heterocycles. The summed E-state index contributed by atoms with van der Waals surface area (Å²) in [6.07, 6.45) is 1.98. The van der Waals surface area contributed by atoms with E-state index >= 15 is 0 Å². The van der Waals surface area contributed by atoms with E-state index in [1.165, 1.54) is 4.88 Å². The fourth-order valence-electron chi connectivity index (χ4n) is 2.97. The van der Waals surface area contributed by atoms with E-state index in [0.29, 0.717) is 18.4 Å². The van der Waals surface area contributed by atoms with Crippen molar-refractivity contribution in [2.45, 2.75) is 38.6 Å². The van der Waals surface area contributed by atoms with Crippen molar-refractivity contribution >= 4 is 17.2 Å². The number of benzene rings is 1. The van der Waals surface area contributed by atoms with Gasteiger partial charge in [0, 0.05) is 16.7 Å². The molecule has 2 aromatic rings. The van der Waals surface area contributed by atoms with Crippen molar-refractivity contribution in [1.29, 1.82) is 0 Å². The summed E-state index contributed by atoms with van der Waals surface area (Å²) in [4.78, 5) is 13.8. The van der Waals surface area contributed by atoms with E-state index in [-0.39, 0.29) is 24.5 Å². The fourth-order valence-corrected chi connectivity index (χ4v) is 3.87. The number of carbonyl (C=O) groups excluding carboxylic acids is 1. The van der Waals surface area contributed by atoms with Crippen molar-refractivity contribution in [2.75, 3.05) is 13.2 Å². The van der Waals surface area contributed by atoms with Crippen molar-refractivity contribution in [3.63, 3.8) is 0 Å². The van der Waals surface area contributed by atoms with Gasteiger partial charge in [0.2, 0.25) is 5.91 Å². The lowest BCUT2D eigenvalue weighted by Crippen LogP contribution is -2.32. The van der Waals surface area contributed by atoms with Gasteiger partial charge in [-0.15, -0.1) is 11.3 Å². The van der Waals surface area contributed by atoms with E-state index in [1.807, 2.05) is 35.7 Å². The summed E-state index contributed by atoms with van der Waals surface area (Å²) in [5, 5.41) is 14.8. The van der Waals surface area contributed by atoms with Crippen LogP contribution in [0.3, 0.4) is 0 Å². The number of aliphatic hydroxyl groups excluding tert-OH is 1. The van der Waals surface area contributed by atoms with Crippen LogP contribution in [0.4, 0.5) is 0 Å². The van der Waals surface area contributed by atoms with Crippen LogP contribution in [-0.4, -0.2) is 24.2 Å². The molecule has 1 aliphatic rings. The summed E-state index contributed by atoms with van der Waals surface area (Å²) in [5.74, 6) is 1.73. The minimum atomic E-state index is -0.379. The van der Waals surface area contributed by atoms with Crippen LogP contribution in [-0.2, 0) is 4.79 Å². The first kappa shape index (κ1) is 18.9. The van der Waals surface area contributed by atoms with Gasteiger partial charge in [-0.05, 0) is 41.5 Å². The molecule has 1 aliphatic carbocycles. The summed E-state index contributed by atoms with van der Waals surface area (Å²) >= 11 is 1.70. The molecule has 4 atom stereocenters. The van der Waals surface area contributed by atoms with Gasteiger partial charge in [-0.3, -0.25) is 4.79 Å². The third-order valence-corrected chi connectivity index (χ3v) is 6.05. The number of rotatable bonds is 9. The largest absolute Gasteiger partial charge is 0.493 e. The number of thiophene rings is 1. The summed E-state index contributed by atoms with van der Waals surface area (Å²) in [6, 6.07) is 11.4. The maximum absolute atomic E-state index is 12.5. The highest BCUT2D eigenvalue weighted by atomic mass is 32.1. The summed E-state index contributed by atoms with van der Waals surface area (Å²) in [5.41, 5.74) is 0.894. The normalized spacial score (nSPS) is 21.0. The van der Waals surface area contributed by atoms with Crippen molar-refractivity contribution in [2.24, 2.45) is 11.8 Å². The van der Waals surface area contributed by atoms with Crippen LogP contribution in [0.5, 0.6) is 5.75 Å². The molecule has 1 heterocycles. The van der Waals surface area contributed by atoms with Gasteiger partial charge in [0.1, 0.15) is 5.75 Å². The molecule has 3 rings (SSSR count). The van der Waals surface area contributed by atoms with E-state index in [1.54, 1.807) is 11.3 Å². The number of ether oxygens (including phenoxy) is 1. The predicted molar refractivity (Wildman–Crippen MR) is 105 cm³/mol. The molecule has 4 unspecified atom stereocenters. The number of hydrogen-bond acceptors (Lipinski definition) is 4. The Bertz CT molecular complexity index is 699. The molecule has 0 saturated heterocycles. The minimum absolute atomic E-state index is 0.0274. The average Bonchev–Trinajstić information content (AvgIpc) is 3.29. The van der Waals surface area contributed by atoms with Gasteiger partial charge in [-0.1, -0.05) is 38.5 Å². The Labute approximate surface area is 159 Å². The molecule has 4 nitrogen and oxygen atoms in total. The monoisotopic (exact) mass is 373 g/mol. The highest BCUT2D eigenvalue weighted by Crippen LogP contribution is 2.49. The van der Waals surface area contributed by atoms with Crippen molar-refractivity contribution in [3.05, 3.63) is 52.2 Å². The lowest BCUT2D eigenvalue weighted by Gasteiger charge is -2.18. The Morgan fingerprint density at radius 3 is 2.73 bits per heavy atom. The average molecular weight is 374 g/mol. The number of amides is 1. The van der Waals surface area contributed by atoms with Gasteiger partial charge >= 0.3 is 0 Å². The van der Waals surface area contributed by atoms with Gasteiger partial charge in [-0.25, -0.2) is 0 Å². The van der Waals surface area contributed by atoms with Crippen molar-refractivity contribution < 1.29 is 14.6 Å². The third kappa shape index (κ3) is 4.65. The van der Waals surface area contributed by atoms with Crippen LogP contribution < -0.4 is 10.1 Å². The second-order valence-electron chi connectivity index (χ2n) is 7.10. The smallest absolute Gasteiger partial charge is 0.224 e. The zero-order chi connectivity index (χ0) is 18.5. The molecule has 0 spiro atoms. The molecule has 1 fully saturated rings. The lowest BCUT2D eigenvalue weighted by molar-refractivity contribution is -0.123. The number of hydrogen-bond donors (Lipinski definition) is 2. The topological polar surface area (TPSA) is 58.6 Å². The maximum Gasteiger partial charge on any atom is 0.224 e. The molecular formula is C21H27NO3S. The van der Waals surface area contributed by atoms with Gasteiger partial charge < -0.3 is 15.2 Å². The van der Waals surface area contributed by atoms with E-state index in [0.717, 1.165) is 24.2 Å². The maximum atomic E-state index is 12.5. The summed E-state index contributed by atoms with van der Waals surface area (Å²) in [7, 11) is 0. The zero-order valence-corrected chi connectivity index (χ0v) is 16.2. The molecule has 5 heteroatoms. The summed E-state index contributed by atoms with van der Waals surface area (Å²) in [6.45, 7) is 4.89. The standard InChI is InChI=1S/C21H27NO3S/c1-3-14(2)13-25-16-8-6-15(7-9-16)19(12-23)22-21(24)18-11-17(18)20-5-4-10-26-20/h4-10,14,17-19,23H,3,11-13H2,1-2H3,(H,22,24). The van der Waals surface area contributed by atoms with Crippen LogP contribution in [0.15, 0.2) is 41.8 Å².